The second-order valence-electron chi connectivity index (χ2n) is 8.68. The van der Waals surface area contributed by atoms with E-state index < -0.39 is 36.0 Å². The van der Waals surface area contributed by atoms with E-state index in [0.717, 1.165) is 37.0 Å². The molecule has 2 rings (SSSR count). The first-order valence-electron chi connectivity index (χ1n) is 11.2. The van der Waals surface area contributed by atoms with E-state index in [1.165, 1.54) is 5.56 Å². The van der Waals surface area contributed by atoms with E-state index in [1.54, 1.807) is 6.92 Å². The summed E-state index contributed by atoms with van der Waals surface area (Å²) in [5.74, 6) is -2.31. The maximum absolute atomic E-state index is 14.9. The van der Waals surface area contributed by atoms with E-state index >= 15 is 0 Å². The first kappa shape index (κ1) is 27.5. The van der Waals surface area contributed by atoms with E-state index in [0.29, 0.717) is 29.5 Å². The van der Waals surface area contributed by atoms with Gasteiger partial charge in [0.05, 0.1) is 0 Å². The fourth-order valence-corrected chi connectivity index (χ4v) is 3.69. The Morgan fingerprint density at radius 2 is 1.62 bits per heavy atom. The quantitative estimate of drug-likeness (QED) is 0.241. The van der Waals surface area contributed by atoms with Gasteiger partial charge in [0.2, 0.25) is 0 Å². The summed E-state index contributed by atoms with van der Waals surface area (Å²) >= 11 is 0. The minimum Gasteiger partial charge on any atom is -0.403 e. The highest BCUT2D eigenvalue weighted by Crippen LogP contribution is 2.31. The summed E-state index contributed by atoms with van der Waals surface area (Å²) in [6.07, 6.45) is -0.707. The summed E-state index contributed by atoms with van der Waals surface area (Å²) in [7, 11) is 0. The van der Waals surface area contributed by atoms with Gasteiger partial charge in [0.25, 0.3) is 0 Å². The Hall–Kier alpha value is -2.70. The van der Waals surface area contributed by atoms with E-state index in [1.807, 2.05) is 24.3 Å². The Labute approximate surface area is 197 Å². The third-order valence-electron chi connectivity index (χ3n) is 5.69. The Morgan fingerprint density at radius 1 is 1.00 bits per heavy atom. The highest BCUT2D eigenvalue weighted by atomic mass is 19.4. The zero-order valence-electron chi connectivity index (χ0n) is 19.8. The number of hydrogen-bond donors (Lipinski definition) is 0. The van der Waals surface area contributed by atoms with Crippen molar-refractivity contribution in [3.05, 3.63) is 76.9 Å². The number of hydrogen-bond acceptors (Lipinski definition) is 1. The van der Waals surface area contributed by atoms with Gasteiger partial charge in [-0.25, -0.2) is 13.2 Å². The molecule has 0 N–H and O–H groups in total. The van der Waals surface area contributed by atoms with Gasteiger partial charge in [-0.3, -0.25) is 0 Å². The molecule has 0 spiro atoms. The van der Waals surface area contributed by atoms with Crippen LogP contribution in [0.4, 0.5) is 26.3 Å². The van der Waals surface area contributed by atoms with E-state index in [9.17, 15) is 26.3 Å². The molecule has 0 aromatic heterocycles. The third kappa shape index (κ3) is 7.96. The van der Waals surface area contributed by atoms with Gasteiger partial charge in [-0.15, -0.1) is 13.2 Å². The molecule has 2 aromatic rings. The van der Waals surface area contributed by atoms with Gasteiger partial charge >= 0.3 is 6.36 Å². The number of alkyl halides is 4. The van der Waals surface area contributed by atoms with Gasteiger partial charge < -0.3 is 4.74 Å². The molecule has 0 saturated heterocycles. The lowest BCUT2D eigenvalue weighted by Crippen LogP contribution is -2.18. The average molecular weight is 485 g/mol. The molecule has 0 heterocycles. The predicted octanol–water partition coefficient (Wildman–Crippen LogP) is 9.41. The van der Waals surface area contributed by atoms with Crippen LogP contribution in [0.5, 0.6) is 5.75 Å². The van der Waals surface area contributed by atoms with Crippen molar-refractivity contribution in [1.82, 2.24) is 0 Å². The van der Waals surface area contributed by atoms with Crippen LogP contribution >= 0.6 is 0 Å². The van der Waals surface area contributed by atoms with Gasteiger partial charge in [0, 0.05) is 5.57 Å². The zero-order chi connectivity index (χ0) is 25.5. The second kappa shape index (κ2) is 12.1. The van der Waals surface area contributed by atoms with Crippen LogP contribution in [0.2, 0.25) is 0 Å². The summed E-state index contributed by atoms with van der Waals surface area (Å²) in [6, 6.07) is 10.1. The van der Waals surface area contributed by atoms with Crippen molar-refractivity contribution < 1.29 is 31.1 Å². The van der Waals surface area contributed by atoms with Crippen LogP contribution in [0.1, 0.15) is 69.6 Å². The van der Waals surface area contributed by atoms with E-state index in [2.05, 4.69) is 25.5 Å². The molecule has 0 aliphatic rings. The molecule has 0 aliphatic heterocycles. The lowest BCUT2D eigenvalue weighted by atomic mass is 9.88. The lowest BCUT2D eigenvalue weighted by Gasteiger charge is -2.17. The van der Waals surface area contributed by atoms with Crippen molar-refractivity contribution in [2.45, 2.75) is 59.2 Å². The minimum atomic E-state index is -5.08. The van der Waals surface area contributed by atoms with Crippen LogP contribution < -0.4 is 4.74 Å². The molecule has 34 heavy (non-hydrogen) atoms. The first-order valence-corrected chi connectivity index (χ1v) is 11.2. The number of benzene rings is 2. The van der Waals surface area contributed by atoms with Gasteiger partial charge in [-0.1, -0.05) is 57.5 Å². The largest absolute Gasteiger partial charge is 0.573 e. The zero-order valence-corrected chi connectivity index (χ0v) is 19.8. The monoisotopic (exact) mass is 484 g/mol. The molecule has 1 atom stereocenters. The van der Waals surface area contributed by atoms with Crippen molar-refractivity contribution in [1.29, 1.82) is 0 Å². The average Bonchev–Trinajstić information content (AvgIpc) is 2.76. The fraction of sp³-hybridized carbons (Fsp3) is 0.407. The molecule has 0 saturated carbocycles. The SMILES string of the molecule is CCC(CCC(C)C)c1ccc(/C(C)=C/C(F)=C(\CF)c2ccc(OC(F)(F)F)c(F)c2)cc1. The molecule has 0 aliphatic carbocycles. The number of halogens is 6. The summed E-state index contributed by atoms with van der Waals surface area (Å²) in [6.45, 7) is 6.93. The van der Waals surface area contributed by atoms with Gasteiger partial charge in [0.1, 0.15) is 12.5 Å². The molecule has 0 bridgehead atoms. The second-order valence-corrected chi connectivity index (χ2v) is 8.68. The molecule has 0 amide bonds. The molecular weight excluding hydrogens is 454 g/mol. The Balaban J connectivity index is 2.27. The van der Waals surface area contributed by atoms with Crippen LogP contribution in [0.15, 0.2) is 54.4 Å². The summed E-state index contributed by atoms with van der Waals surface area (Å²) in [5, 5.41) is 0. The highest BCUT2D eigenvalue weighted by molar-refractivity contribution is 5.75. The van der Waals surface area contributed by atoms with Gasteiger partial charge in [-0.2, -0.15) is 0 Å². The number of allylic oxidation sites excluding steroid dienone is 4. The topological polar surface area (TPSA) is 9.23 Å². The number of rotatable bonds is 10. The fourth-order valence-electron chi connectivity index (χ4n) is 3.69. The molecule has 1 unspecified atom stereocenters. The first-order chi connectivity index (χ1) is 15.9. The van der Waals surface area contributed by atoms with Crippen molar-refractivity contribution >= 4 is 11.1 Å². The predicted molar refractivity (Wildman–Crippen MR) is 124 cm³/mol. The molecule has 0 fully saturated rings. The van der Waals surface area contributed by atoms with E-state index in [-0.39, 0.29) is 5.56 Å². The van der Waals surface area contributed by atoms with E-state index in [4.69, 9.17) is 0 Å². The van der Waals surface area contributed by atoms with Crippen LogP contribution in [-0.4, -0.2) is 13.0 Å². The maximum Gasteiger partial charge on any atom is 0.573 e. The molecule has 7 heteroatoms. The normalized spacial score (nSPS) is 14.3. The molecular formula is C27H30F6O. The standard InChI is InChI=1S/C27H30F6O/c1-5-19(7-6-17(2)3)21-10-8-20(9-11-21)18(4)14-24(29)23(16-28)22-12-13-26(25(30)15-22)34-27(31,32)33/h8-15,17,19H,5-7,16H2,1-4H3/b18-14+,24-23-. The van der Waals surface area contributed by atoms with Crippen LogP contribution in [0, 0.1) is 11.7 Å². The van der Waals surface area contributed by atoms with Crippen molar-refractivity contribution in [3.63, 3.8) is 0 Å². The third-order valence-corrected chi connectivity index (χ3v) is 5.69. The lowest BCUT2D eigenvalue weighted by molar-refractivity contribution is -0.275. The Morgan fingerprint density at radius 3 is 2.12 bits per heavy atom. The minimum absolute atomic E-state index is 0.206. The molecule has 2 aromatic carbocycles. The van der Waals surface area contributed by atoms with Crippen molar-refractivity contribution in [2.24, 2.45) is 5.92 Å². The molecule has 0 radical (unpaired) electrons. The van der Waals surface area contributed by atoms with Gasteiger partial charge in [0.15, 0.2) is 11.6 Å². The summed E-state index contributed by atoms with van der Waals surface area (Å²) in [4.78, 5) is 0. The molecule has 1 nitrogen and oxygen atoms in total. The van der Waals surface area contributed by atoms with Crippen molar-refractivity contribution in [3.8, 4) is 5.75 Å². The Kier molecular flexibility index (Phi) is 9.83. The Bertz CT molecular complexity index is 1000. The van der Waals surface area contributed by atoms with Crippen LogP contribution in [0.25, 0.3) is 11.1 Å². The summed E-state index contributed by atoms with van der Waals surface area (Å²) < 4.78 is 82.9. The maximum atomic E-state index is 14.9. The van der Waals surface area contributed by atoms with Gasteiger partial charge in [-0.05, 0) is 72.1 Å². The molecule has 186 valence electrons. The number of ether oxygens (including phenoxy) is 1. The van der Waals surface area contributed by atoms with Crippen molar-refractivity contribution in [2.75, 3.05) is 6.67 Å². The van der Waals surface area contributed by atoms with Crippen LogP contribution in [-0.2, 0) is 0 Å². The summed E-state index contributed by atoms with van der Waals surface area (Å²) in [5.41, 5.74) is 1.81. The van der Waals surface area contributed by atoms with Crippen LogP contribution in [0.3, 0.4) is 0 Å². The highest BCUT2D eigenvalue weighted by Gasteiger charge is 2.32. The smallest absolute Gasteiger partial charge is 0.403 e.